The van der Waals surface area contributed by atoms with Crippen LogP contribution in [0.5, 0.6) is 0 Å². The number of aromatic nitrogens is 2. The highest BCUT2D eigenvalue weighted by Gasteiger charge is 2.29. The number of nitrogens with zero attached hydrogens (tertiary/aromatic N) is 3. The second kappa shape index (κ2) is 8.57. The SMILES string of the molecule is O=C(c1ccccc1Cl)N(Cc1nc(-c2ccccc2)no1)C1CCCCC1. The molecule has 0 unspecified atom stereocenters. The molecule has 3 aromatic rings. The standard InChI is InChI=1S/C22H22ClN3O2/c23-19-14-8-7-13-18(19)22(27)26(17-11-5-2-6-12-17)15-20-24-21(25-28-20)16-9-3-1-4-10-16/h1,3-4,7-10,13-14,17H,2,5-6,11-12,15H2. The molecule has 1 saturated carbocycles. The van der Waals surface area contributed by atoms with Crippen molar-refractivity contribution in [3.8, 4) is 11.4 Å². The van der Waals surface area contributed by atoms with Crippen molar-refractivity contribution in [1.29, 1.82) is 0 Å². The Kier molecular flexibility index (Phi) is 5.72. The molecule has 6 heteroatoms. The van der Waals surface area contributed by atoms with Crippen molar-refractivity contribution in [3.05, 3.63) is 71.1 Å². The van der Waals surface area contributed by atoms with E-state index >= 15 is 0 Å². The molecule has 1 amide bonds. The van der Waals surface area contributed by atoms with Crippen LogP contribution < -0.4 is 0 Å². The Hall–Kier alpha value is -2.66. The molecule has 0 bridgehead atoms. The number of benzene rings is 2. The van der Waals surface area contributed by atoms with Gasteiger partial charge >= 0.3 is 0 Å². The van der Waals surface area contributed by atoms with Crippen molar-refractivity contribution in [2.24, 2.45) is 0 Å². The van der Waals surface area contributed by atoms with E-state index in [9.17, 15) is 4.79 Å². The van der Waals surface area contributed by atoms with E-state index in [2.05, 4.69) is 10.1 Å². The summed E-state index contributed by atoms with van der Waals surface area (Å²) < 4.78 is 5.47. The number of rotatable bonds is 5. The van der Waals surface area contributed by atoms with Crippen LogP contribution in [0, 0.1) is 0 Å². The van der Waals surface area contributed by atoms with Gasteiger partial charge in [0.15, 0.2) is 0 Å². The molecule has 144 valence electrons. The predicted molar refractivity (Wildman–Crippen MR) is 108 cm³/mol. The summed E-state index contributed by atoms with van der Waals surface area (Å²) in [5, 5.41) is 4.55. The Bertz CT molecular complexity index is 936. The van der Waals surface area contributed by atoms with E-state index in [-0.39, 0.29) is 18.5 Å². The Morgan fingerprint density at radius 2 is 1.75 bits per heavy atom. The predicted octanol–water partition coefficient (Wildman–Crippen LogP) is 5.37. The summed E-state index contributed by atoms with van der Waals surface area (Å²) in [6, 6.07) is 17.0. The van der Waals surface area contributed by atoms with Crippen LogP contribution in [0.3, 0.4) is 0 Å². The van der Waals surface area contributed by atoms with Gasteiger partial charge in [-0.2, -0.15) is 4.98 Å². The van der Waals surface area contributed by atoms with Gasteiger partial charge in [0, 0.05) is 11.6 Å². The molecule has 0 N–H and O–H groups in total. The van der Waals surface area contributed by atoms with Crippen LogP contribution in [0.15, 0.2) is 59.1 Å². The van der Waals surface area contributed by atoms with Gasteiger partial charge in [-0.05, 0) is 25.0 Å². The van der Waals surface area contributed by atoms with Crippen LogP contribution in [-0.2, 0) is 6.54 Å². The smallest absolute Gasteiger partial charge is 0.256 e. The summed E-state index contributed by atoms with van der Waals surface area (Å²) in [7, 11) is 0. The van der Waals surface area contributed by atoms with Gasteiger partial charge < -0.3 is 9.42 Å². The third-order valence-electron chi connectivity index (χ3n) is 5.19. The zero-order valence-electron chi connectivity index (χ0n) is 15.6. The molecule has 1 aliphatic carbocycles. The van der Waals surface area contributed by atoms with Crippen molar-refractivity contribution in [3.63, 3.8) is 0 Å². The van der Waals surface area contributed by atoms with Gasteiger partial charge in [0.1, 0.15) is 6.54 Å². The average molecular weight is 396 g/mol. The van der Waals surface area contributed by atoms with Gasteiger partial charge in [-0.25, -0.2) is 0 Å². The quantitative estimate of drug-likeness (QED) is 0.583. The van der Waals surface area contributed by atoms with Crippen LogP contribution in [0.25, 0.3) is 11.4 Å². The van der Waals surface area contributed by atoms with Crippen molar-refractivity contribution in [2.75, 3.05) is 0 Å². The summed E-state index contributed by atoms with van der Waals surface area (Å²) in [5.41, 5.74) is 1.40. The first-order valence-corrected chi connectivity index (χ1v) is 10.0. The van der Waals surface area contributed by atoms with E-state index in [0.29, 0.717) is 22.3 Å². The molecule has 2 aromatic carbocycles. The molecule has 5 nitrogen and oxygen atoms in total. The minimum Gasteiger partial charge on any atom is -0.337 e. The molecule has 1 fully saturated rings. The fraction of sp³-hybridized carbons (Fsp3) is 0.318. The second-order valence-electron chi connectivity index (χ2n) is 7.08. The highest BCUT2D eigenvalue weighted by atomic mass is 35.5. The lowest BCUT2D eigenvalue weighted by Gasteiger charge is -2.33. The molecule has 1 aromatic heterocycles. The minimum atomic E-state index is -0.0861. The lowest BCUT2D eigenvalue weighted by Crippen LogP contribution is -2.41. The molecule has 0 saturated heterocycles. The monoisotopic (exact) mass is 395 g/mol. The third kappa shape index (κ3) is 4.09. The molecule has 0 spiro atoms. The number of hydrogen-bond donors (Lipinski definition) is 0. The number of carbonyl (C=O) groups excluding carboxylic acids is 1. The van der Waals surface area contributed by atoms with Crippen molar-refractivity contribution in [2.45, 2.75) is 44.7 Å². The number of halogens is 1. The Labute approximate surface area is 169 Å². The topological polar surface area (TPSA) is 59.2 Å². The maximum atomic E-state index is 13.3. The molecule has 0 atom stereocenters. The molecule has 1 aliphatic rings. The molecule has 0 radical (unpaired) electrons. The maximum absolute atomic E-state index is 13.3. The van der Waals surface area contributed by atoms with E-state index in [1.165, 1.54) is 6.42 Å². The van der Waals surface area contributed by atoms with Crippen LogP contribution in [0.2, 0.25) is 5.02 Å². The van der Waals surface area contributed by atoms with Crippen molar-refractivity contribution < 1.29 is 9.32 Å². The zero-order valence-corrected chi connectivity index (χ0v) is 16.3. The lowest BCUT2D eigenvalue weighted by atomic mass is 9.93. The van der Waals surface area contributed by atoms with E-state index in [1.54, 1.807) is 12.1 Å². The molecular weight excluding hydrogens is 374 g/mol. The number of carbonyl (C=O) groups is 1. The van der Waals surface area contributed by atoms with Crippen LogP contribution >= 0.6 is 11.6 Å². The fourth-order valence-corrected chi connectivity index (χ4v) is 3.93. The maximum Gasteiger partial charge on any atom is 0.256 e. The number of hydrogen-bond acceptors (Lipinski definition) is 4. The van der Waals surface area contributed by atoms with Gasteiger partial charge in [-0.15, -0.1) is 0 Å². The molecular formula is C22H22ClN3O2. The van der Waals surface area contributed by atoms with E-state index in [0.717, 1.165) is 31.2 Å². The minimum absolute atomic E-state index is 0.0861. The molecule has 1 heterocycles. The first kappa shape index (κ1) is 18.7. The molecule has 0 aliphatic heterocycles. The average Bonchev–Trinajstić information content (AvgIpc) is 3.22. The summed E-state index contributed by atoms with van der Waals surface area (Å²) in [6.07, 6.45) is 5.42. The van der Waals surface area contributed by atoms with Gasteiger partial charge in [0.2, 0.25) is 11.7 Å². The molecule has 4 rings (SSSR count). The van der Waals surface area contributed by atoms with Gasteiger partial charge in [-0.3, -0.25) is 4.79 Å². The van der Waals surface area contributed by atoms with E-state index in [4.69, 9.17) is 16.1 Å². The van der Waals surface area contributed by atoms with Crippen LogP contribution in [-0.4, -0.2) is 27.0 Å². The first-order chi connectivity index (χ1) is 13.7. The fourth-order valence-electron chi connectivity index (χ4n) is 3.72. The largest absolute Gasteiger partial charge is 0.337 e. The highest BCUT2D eigenvalue weighted by Crippen LogP contribution is 2.27. The van der Waals surface area contributed by atoms with Gasteiger partial charge in [-0.1, -0.05) is 78.5 Å². The Balaban J connectivity index is 1.60. The van der Waals surface area contributed by atoms with Crippen LogP contribution in [0.4, 0.5) is 0 Å². The van der Waals surface area contributed by atoms with Crippen molar-refractivity contribution in [1.82, 2.24) is 15.0 Å². The normalized spacial score (nSPS) is 14.8. The first-order valence-electron chi connectivity index (χ1n) is 9.66. The third-order valence-corrected chi connectivity index (χ3v) is 5.52. The summed E-state index contributed by atoms with van der Waals surface area (Å²) in [5.74, 6) is 0.881. The van der Waals surface area contributed by atoms with Gasteiger partial charge in [0.05, 0.1) is 10.6 Å². The number of amides is 1. The highest BCUT2D eigenvalue weighted by molar-refractivity contribution is 6.33. The summed E-state index contributed by atoms with van der Waals surface area (Å²) in [4.78, 5) is 19.7. The Morgan fingerprint density at radius 3 is 2.50 bits per heavy atom. The second-order valence-corrected chi connectivity index (χ2v) is 7.49. The van der Waals surface area contributed by atoms with Gasteiger partial charge in [0.25, 0.3) is 5.91 Å². The molecule has 28 heavy (non-hydrogen) atoms. The van der Waals surface area contributed by atoms with E-state index < -0.39 is 0 Å². The lowest BCUT2D eigenvalue weighted by molar-refractivity contribution is 0.0586. The van der Waals surface area contributed by atoms with Crippen LogP contribution in [0.1, 0.15) is 48.4 Å². The van der Waals surface area contributed by atoms with Crippen molar-refractivity contribution >= 4 is 17.5 Å². The Morgan fingerprint density at radius 1 is 1.04 bits per heavy atom. The summed E-state index contributed by atoms with van der Waals surface area (Å²) in [6.45, 7) is 0.286. The zero-order chi connectivity index (χ0) is 19.3. The van der Waals surface area contributed by atoms with E-state index in [1.807, 2.05) is 47.4 Å². The summed E-state index contributed by atoms with van der Waals surface area (Å²) >= 11 is 6.29.